The van der Waals surface area contributed by atoms with E-state index in [-0.39, 0.29) is 23.6 Å². The Morgan fingerprint density at radius 1 is 1.27 bits per heavy atom. The summed E-state index contributed by atoms with van der Waals surface area (Å²) in [5.41, 5.74) is 2.05. The maximum atomic E-state index is 13.2. The molecule has 0 aliphatic heterocycles. The van der Waals surface area contributed by atoms with Crippen LogP contribution in [0.3, 0.4) is 0 Å². The van der Waals surface area contributed by atoms with Gasteiger partial charge in [0.05, 0.1) is 30.5 Å². The van der Waals surface area contributed by atoms with Crippen LogP contribution in [0.15, 0.2) is 18.3 Å². The number of aromatic nitrogens is 6. The van der Waals surface area contributed by atoms with Crippen LogP contribution >= 0.6 is 0 Å². The van der Waals surface area contributed by atoms with Gasteiger partial charge in [0.25, 0.3) is 5.91 Å². The predicted molar refractivity (Wildman–Crippen MR) is 116 cm³/mol. The zero-order valence-corrected chi connectivity index (χ0v) is 18.4. The lowest BCUT2D eigenvalue weighted by molar-refractivity contribution is -0.117. The van der Waals surface area contributed by atoms with Crippen molar-refractivity contribution in [2.75, 3.05) is 24.8 Å². The average molecular weight is 455 g/mol. The van der Waals surface area contributed by atoms with Gasteiger partial charge in [-0.05, 0) is 19.4 Å². The molecule has 13 heteroatoms. The van der Waals surface area contributed by atoms with Crippen molar-refractivity contribution in [1.29, 1.82) is 0 Å². The van der Waals surface area contributed by atoms with Gasteiger partial charge in [-0.15, -0.1) is 10.2 Å². The summed E-state index contributed by atoms with van der Waals surface area (Å²) < 4.78 is 18.8. The molecule has 3 aromatic rings. The SMILES string of the molecule is CNC(=O)c1nnc(NC(=O)[C@@H]2C[C@@H]2F)cc1Nc1nc(C)cc(-c2cnn(C)n2)c1OC. The lowest BCUT2D eigenvalue weighted by atomic mass is 10.1. The zero-order valence-electron chi connectivity index (χ0n) is 18.4. The number of hydrogen-bond donors (Lipinski definition) is 3. The van der Waals surface area contributed by atoms with Crippen molar-refractivity contribution in [3.05, 3.63) is 29.7 Å². The first-order valence-corrected chi connectivity index (χ1v) is 10.0. The number of nitrogens with zero attached hydrogens (tertiary/aromatic N) is 6. The molecule has 0 radical (unpaired) electrons. The molecule has 1 saturated carbocycles. The second kappa shape index (κ2) is 8.76. The Morgan fingerprint density at radius 3 is 2.64 bits per heavy atom. The molecule has 0 bridgehead atoms. The number of carbonyl (C=O) groups excluding carboxylic acids is 2. The molecule has 0 saturated heterocycles. The smallest absolute Gasteiger partial charge is 0.273 e. The Labute approximate surface area is 187 Å². The number of anilines is 3. The first-order valence-electron chi connectivity index (χ1n) is 10.0. The summed E-state index contributed by atoms with van der Waals surface area (Å²) in [5, 5.41) is 24.3. The maximum Gasteiger partial charge on any atom is 0.273 e. The fourth-order valence-corrected chi connectivity index (χ4v) is 3.23. The summed E-state index contributed by atoms with van der Waals surface area (Å²) in [6.07, 6.45) is 0.617. The topological polar surface area (TPSA) is 149 Å². The zero-order chi connectivity index (χ0) is 23.7. The van der Waals surface area contributed by atoms with Crippen molar-refractivity contribution in [1.82, 2.24) is 35.5 Å². The van der Waals surface area contributed by atoms with Crippen LogP contribution < -0.4 is 20.7 Å². The summed E-state index contributed by atoms with van der Waals surface area (Å²) in [7, 11) is 4.64. The minimum absolute atomic E-state index is 0.0308. The summed E-state index contributed by atoms with van der Waals surface area (Å²) in [4.78, 5) is 30.4. The van der Waals surface area contributed by atoms with E-state index in [0.717, 1.165) is 0 Å². The van der Waals surface area contributed by atoms with Crippen molar-refractivity contribution < 1.29 is 18.7 Å². The van der Waals surface area contributed by atoms with Crippen LogP contribution in [-0.4, -0.2) is 62.3 Å². The van der Waals surface area contributed by atoms with E-state index in [0.29, 0.717) is 28.5 Å². The Hall–Kier alpha value is -4.16. The number of nitrogens with one attached hydrogen (secondary N) is 3. The third-order valence-electron chi connectivity index (χ3n) is 4.97. The molecule has 1 aliphatic carbocycles. The molecule has 172 valence electrons. The summed E-state index contributed by atoms with van der Waals surface area (Å²) in [6.45, 7) is 1.80. The number of halogens is 1. The Bertz CT molecular complexity index is 1230. The lowest BCUT2D eigenvalue weighted by Crippen LogP contribution is -2.23. The quantitative estimate of drug-likeness (QED) is 0.480. The van der Waals surface area contributed by atoms with Crippen molar-refractivity contribution in [2.45, 2.75) is 19.5 Å². The van der Waals surface area contributed by atoms with Gasteiger partial charge in [-0.3, -0.25) is 9.59 Å². The fourth-order valence-electron chi connectivity index (χ4n) is 3.23. The minimum Gasteiger partial charge on any atom is -0.492 e. The third-order valence-corrected chi connectivity index (χ3v) is 4.97. The normalized spacial score (nSPS) is 16.8. The Morgan fingerprint density at radius 2 is 2.03 bits per heavy atom. The number of amides is 2. The first-order chi connectivity index (χ1) is 15.8. The minimum atomic E-state index is -1.15. The Balaban J connectivity index is 1.73. The van der Waals surface area contributed by atoms with Gasteiger partial charge in [0.15, 0.2) is 23.1 Å². The number of pyridine rings is 1. The van der Waals surface area contributed by atoms with Crippen LogP contribution in [0.4, 0.5) is 21.7 Å². The number of hydrogen-bond acceptors (Lipinski definition) is 9. The molecule has 1 fully saturated rings. The third kappa shape index (κ3) is 4.56. The highest BCUT2D eigenvalue weighted by Gasteiger charge is 2.43. The molecule has 0 aromatic carbocycles. The summed E-state index contributed by atoms with van der Waals surface area (Å²) in [5.74, 6) is -0.976. The van der Waals surface area contributed by atoms with Crippen LogP contribution in [0.5, 0.6) is 5.75 Å². The van der Waals surface area contributed by atoms with Crippen molar-refractivity contribution in [3.8, 4) is 17.0 Å². The molecule has 0 spiro atoms. The van der Waals surface area contributed by atoms with Crippen molar-refractivity contribution >= 4 is 29.1 Å². The average Bonchev–Trinajstić information content (AvgIpc) is 3.37. The van der Waals surface area contributed by atoms with Gasteiger partial charge in [-0.1, -0.05) is 0 Å². The molecule has 2 amide bonds. The van der Waals surface area contributed by atoms with E-state index in [2.05, 4.69) is 41.3 Å². The van der Waals surface area contributed by atoms with Crippen LogP contribution in [0.1, 0.15) is 22.6 Å². The van der Waals surface area contributed by atoms with Crippen LogP contribution in [-0.2, 0) is 11.8 Å². The van der Waals surface area contributed by atoms with E-state index in [1.165, 1.54) is 25.0 Å². The molecule has 12 nitrogen and oxygen atoms in total. The predicted octanol–water partition coefficient (Wildman–Crippen LogP) is 1.38. The molecule has 3 N–H and O–H groups in total. The van der Waals surface area contributed by atoms with Crippen LogP contribution in [0.25, 0.3) is 11.3 Å². The first kappa shape index (κ1) is 22.0. The summed E-state index contributed by atoms with van der Waals surface area (Å²) in [6, 6.07) is 3.23. The van der Waals surface area contributed by atoms with Gasteiger partial charge in [-0.25, -0.2) is 9.37 Å². The highest BCUT2D eigenvalue weighted by Crippen LogP contribution is 2.37. The monoisotopic (exact) mass is 455 g/mol. The van der Waals surface area contributed by atoms with E-state index in [1.54, 1.807) is 26.2 Å². The second-order valence-corrected chi connectivity index (χ2v) is 7.46. The van der Waals surface area contributed by atoms with Gasteiger partial charge >= 0.3 is 0 Å². The van der Waals surface area contributed by atoms with E-state index < -0.39 is 23.9 Å². The van der Waals surface area contributed by atoms with E-state index in [9.17, 15) is 14.0 Å². The molecule has 3 aromatic heterocycles. The molecule has 1 aliphatic rings. The van der Waals surface area contributed by atoms with Gasteiger partial charge < -0.3 is 20.7 Å². The fraction of sp³-hybridized carbons (Fsp3) is 0.350. The molecule has 4 rings (SSSR count). The number of carbonyl (C=O) groups is 2. The van der Waals surface area contributed by atoms with Crippen molar-refractivity contribution in [3.63, 3.8) is 0 Å². The standard InChI is InChI=1S/C20H22FN9O3/c1-9-5-11(14-8-23-30(3)29-14)17(33-4)18(24-9)25-13-7-15(26-19(31)10-6-12(10)21)27-28-16(13)20(32)22-2/h5,7-8,10,12H,6H2,1-4H3,(H,22,32)(H2,24,25,26,27,31)/t10-,12+/m1/s1. The van der Waals surface area contributed by atoms with Crippen LogP contribution in [0.2, 0.25) is 0 Å². The molecular weight excluding hydrogens is 433 g/mol. The Kier molecular flexibility index (Phi) is 5.85. The van der Waals surface area contributed by atoms with E-state index in [1.807, 2.05) is 0 Å². The highest BCUT2D eigenvalue weighted by molar-refractivity contribution is 6.00. The highest BCUT2D eigenvalue weighted by atomic mass is 19.1. The molecular formula is C20H22FN9O3. The van der Waals surface area contributed by atoms with Crippen molar-refractivity contribution in [2.24, 2.45) is 13.0 Å². The summed E-state index contributed by atoms with van der Waals surface area (Å²) >= 11 is 0. The lowest BCUT2D eigenvalue weighted by Gasteiger charge is -2.16. The molecule has 2 atom stereocenters. The van der Waals surface area contributed by atoms with E-state index in [4.69, 9.17) is 4.74 Å². The van der Waals surface area contributed by atoms with Gasteiger partial charge in [0.2, 0.25) is 5.91 Å². The maximum absolute atomic E-state index is 13.2. The molecule has 0 unspecified atom stereocenters. The van der Waals surface area contributed by atoms with Gasteiger partial charge in [0.1, 0.15) is 11.9 Å². The number of alkyl halides is 1. The van der Waals surface area contributed by atoms with Gasteiger partial charge in [0, 0.05) is 25.9 Å². The van der Waals surface area contributed by atoms with Gasteiger partial charge in [-0.2, -0.15) is 15.0 Å². The molecule has 3 heterocycles. The largest absolute Gasteiger partial charge is 0.492 e. The molecule has 33 heavy (non-hydrogen) atoms. The number of methoxy groups -OCH3 is 1. The van der Waals surface area contributed by atoms with Crippen LogP contribution in [0, 0.1) is 12.8 Å². The number of aryl methyl sites for hydroxylation is 2. The van der Waals surface area contributed by atoms with E-state index >= 15 is 0 Å². The second-order valence-electron chi connectivity index (χ2n) is 7.46. The number of ether oxygens (including phenoxy) is 1. The number of rotatable bonds is 7.